The fourth-order valence-electron chi connectivity index (χ4n) is 2.48. The van der Waals surface area contributed by atoms with E-state index in [2.05, 4.69) is 5.32 Å². The lowest BCUT2D eigenvalue weighted by molar-refractivity contribution is -0.136. The number of hydrogen-bond donors (Lipinski definition) is 2. The minimum atomic E-state index is -0.909. The first kappa shape index (κ1) is 15.2. The highest BCUT2D eigenvalue weighted by molar-refractivity contribution is 5.75. The molecule has 1 saturated heterocycles. The van der Waals surface area contributed by atoms with Crippen LogP contribution in [0.5, 0.6) is 5.75 Å². The van der Waals surface area contributed by atoms with Crippen molar-refractivity contribution in [3.05, 3.63) is 29.8 Å². The lowest BCUT2D eigenvalue weighted by Crippen LogP contribution is -2.39. The van der Waals surface area contributed by atoms with E-state index in [1.165, 1.54) is 5.56 Å². The number of carbonyl (C=O) groups excluding carboxylic acids is 1. The van der Waals surface area contributed by atoms with E-state index in [0.717, 1.165) is 12.2 Å². The molecule has 2 amide bonds. The van der Waals surface area contributed by atoms with Crippen LogP contribution < -0.4 is 10.1 Å². The van der Waals surface area contributed by atoms with Crippen LogP contribution in [-0.4, -0.2) is 48.8 Å². The van der Waals surface area contributed by atoms with Gasteiger partial charge in [-0.15, -0.1) is 0 Å². The largest absolute Gasteiger partial charge is 0.497 e. The maximum atomic E-state index is 11.9. The smallest absolute Gasteiger partial charge is 0.317 e. The molecule has 114 valence electrons. The zero-order valence-corrected chi connectivity index (χ0v) is 12.0. The molecule has 2 N–H and O–H groups in total. The molecule has 0 bridgehead atoms. The quantitative estimate of drug-likeness (QED) is 0.865. The number of urea groups is 1. The molecule has 1 aromatic rings. The Morgan fingerprint density at radius 1 is 1.38 bits per heavy atom. The Morgan fingerprint density at radius 2 is 2.10 bits per heavy atom. The summed E-state index contributed by atoms with van der Waals surface area (Å²) in [6, 6.07) is 7.70. The van der Waals surface area contributed by atoms with Crippen molar-refractivity contribution in [2.75, 3.05) is 26.7 Å². The van der Waals surface area contributed by atoms with E-state index in [0.29, 0.717) is 19.0 Å². The summed E-state index contributed by atoms with van der Waals surface area (Å²) >= 11 is 0. The fraction of sp³-hybridized carbons (Fsp3) is 0.467. The van der Waals surface area contributed by atoms with Crippen LogP contribution in [0.3, 0.4) is 0 Å². The van der Waals surface area contributed by atoms with Gasteiger partial charge in [-0.2, -0.15) is 0 Å². The van der Waals surface area contributed by atoms with Crippen molar-refractivity contribution < 1.29 is 19.4 Å². The Bertz CT molecular complexity index is 501. The molecular formula is C15H20N2O4. The summed E-state index contributed by atoms with van der Waals surface area (Å²) < 4.78 is 5.13. The Kier molecular flexibility index (Phi) is 5.03. The van der Waals surface area contributed by atoms with Crippen LogP contribution in [0.4, 0.5) is 4.79 Å². The number of carboxylic acids is 1. The van der Waals surface area contributed by atoms with E-state index in [-0.39, 0.29) is 19.0 Å². The summed E-state index contributed by atoms with van der Waals surface area (Å²) in [5.41, 5.74) is 1.19. The number of carboxylic acid groups (broad SMARTS) is 1. The standard InChI is InChI=1S/C15H20N2O4/c1-21-13-4-2-11(3-5-13)12-7-9-17(10-12)15(20)16-8-6-14(18)19/h2-5,12H,6-10H2,1H3,(H,16,20)(H,18,19). The average Bonchev–Trinajstić information content (AvgIpc) is 2.97. The molecule has 1 atom stereocenters. The van der Waals surface area contributed by atoms with Crippen LogP contribution in [0.15, 0.2) is 24.3 Å². The Morgan fingerprint density at radius 3 is 2.71 bits per heavy atom. The predicted molar refractivity (Wildman–Crippen MR) is 77.6 cm³/mol. The number of likely N-dealkylation sites (tertiary alicyclic amines) is 1. The van der Waals surface area contributed by atoms with Gasteiger partial charge >= 0.3 is 12.0 Å². The molecule has 6 nitrogen and oxygen atoms in total. The normalized spacial score (nSPS) is 17.6. The molecule has 1 fully saturated rings. The third-order valence-electron chi connectivity index (χ3n) is 3.68. The maximum Gasteiger partial charge on any atom is 0.317 e. The van der Waals surface area contributed by atoms with Crippen molar-refractivity contribution >= 4 is 12.0 Å². The second-order valence-electron chi connectivity index (χ2n) is 5.08. The highest BCUT2D eigenvalue weighted by Crippen LogP contribution is 2.28. The summed E-state index contributed by atoms with van der Waals surface area (Å²) in [7, 11) is 1.63. The first-order valence-electron chi connectivity index (χ1n) is 6.98. The number of hydrogen-bond acceptors (Lipinski definition) is 3. The molecule has 0 spiro atoms. The minimum absolute atomic E-state index is 0.0541. The minimum Gasteiger partial charge on any atom is -0.497 e. The second-order valence-corrected chi connectivity index (χ2v) is 5.08. The lowest BCUT2D eigenvalue weighted by Gasteiger charge is -2.17. The molecule has 1 heterocycles. The number of aliphatic carboxylic acids is 1. The maximum absolute atomic E-state index is 11.9. The van der Waals surface area contributed by atoms with Gasteiger partial charge in [-0.1, -0.05) is 12.1 Å². The number of nitrogens with zero attached hydrogens (tertiary/aromatic N) is 1. The lowest BCUT2D eigenvalue weighted by atomic mass is 9.98. The van der Waals surface area contributed by atoms with Crippen LogP contribution in [0.1, 0.15) is 24.3 Å². The Hall–Kier alpha value is -2.24. The monoisotopic (exact) mass is 292 g/mol. The summed E-state index contributed by atoms with van der Waals surface area (Å²) in [6.07, 6.45) is 0.861. The van der Waals surface area contributed by atoms with E-state index >= 15 is 0 Å². The molecular weight excluding hydrogens is 272 g/mol. The van der Waals surface area contributed by atoms with Crippen molar-refractivity contribution in [3.8, 4) is 5.75 Å². The van der Waals surface area contributed by atoms with Gasteiger partial charge < -0.3 is 20.1 Å². The molecule has 0 aliphatic carbocycles. The number of benzene rings is 1. The van der Waals surface area contributed by atoms with E-state index in [1.807, 2.05) is 24.3 Å². The first-order valence-corrected chi connectivity index (χ1v) is 6.98. The van der Waals surface area contributed by atoms with E-state index < -0.39 is 5.97 Å². The topological polar surface area (TPSA) is 78.9 Å². The fourth-order valence-corrected chi connectivity index (χ4v) is 2.48. The van der Waals surface area contributed by atoms with Crippen LogP contribution in [-0.2, 0) is 4.79 Å². The average molecular weight is 292 g/mol. The summed E-state index contributed by atoms with van der Waals surface area (Å²) in [5, 5.41) is 11.2. The van der Waals surface area contributed by atoms with Gasteiger partial charge in [0.25, 0.3) is 0 Å². The number of methoxy groups -OCH3 is 1. The molecule has 6 heteroatoms. The number of carbonyl (C=O) groups is 2. The molecule has 1 aromatic carbocycles. The van der Waals surface area contributed by atoms with E-state index in [9.17, 15) is 9.59 Å². The number of amides is 2. The van der Waals surface area contributed by atoms with Crippen LogP contribution in [0, 0.1) is 0 Å². The zero-order chi connectivity index (χ0) is 15.2. The Balaban J connectivity index is 1.84. The van der Waals surface area contributed by atoms with Gasteiger partial charge in [0.05, 0.1) is 13.5 Å². The highest BCUT2D eigenvalue weighted by atomic mass is 16.5. The van der Waals surface area contributed by atoms with Crippen molar-refractivity contribution in [2.45, 2.75) is 18.8 Å². The first-order chi connectivity index (χ1) is 10.1. The predicted octanol–water partition coefficient (Wildman–Crippen LogP) is 1.67. The van der Waals surface area contributed by atoms with Gasteiger partial charge in [-0.05, 0) is 24.1 Å². The molecule has 2 rings (SSSR count). The SMILES string of the molecule is COc1ccc(C2CCN(C(=O)NCCC(=O)O)C2)cc1. The summed E-state index contributed by atoms with van der Waals surface area (Å²) in [4.78, 5) is 24.1. The molecule has 1 unspecified atom stereocenters. The number of ether oxygens (including phenoxy) is 1. The Labute approximate surface area is 123 Å². The zero-order valence-electron chi connectivity index (χ0n) is 12.0. The molecule has 1 aliphatic heterocycles. The van der Waals surface area contributed by atoms with Gasteiger partial charge in [0.2, 0.25) is 0 Å². The molecule has 1 aliphatic rings. The summed E-state index contributed by atoms with van der Waals surface area (Å²) in [6.45, 7) is 1.51. The molecule has 21 heavy (non-hydrogen) atoms. The van der Waals surface area contributed by atoms with Crippen molar-refractivity contribution in [2.24, 2.45) is 0 Å². The number of rotatable bonds is 5. The van der Waals surface area contributed by atoms with Gasteiger partial charge in [0.15, 0.2) is 0 Å². The van der Waals surface area contributed by atoms with Crippen LogP contribution in [0.25, 0.3) is 0 Å². The van der Waals surface area contributed by atoms with Crippen molar-refractivity contribution in [1.29, 1.82) is 0 Å². The molecule has 0 radical (unpaired) electrons. The summed E-state index contributed by atoms with van der Waals surface area (Å²) in [5.74, 6) is 0.231. The number of nitrogens with one attached hydrogen (secondary N) is 1. The van der Waals surface area contributed by atoms with Gasteiger partial charge in [-0.3, -0.25) is 4.79 Å². The van der Waals surface area contributed by atoms with Gasteiger partial charge in [-0.25, -0.2) is 4.79 Å². The van der Waals surface area contributed by atoms with E-state index in [1.54, 1.807) is 12.0 Å². The highest BCUT2D eigenvalue weighted by Gasteiger charge is 2.27. The van der Waals surface area contributed by atoms with E-state index in [4.69, 9.17) is 9.84 Å². The van der Waals surface area contributed by atoms with Crippen LogP contribution >= 0.6 is 0 Å². The third-order valence-corrected chi connectivity index (χ3v) is 3.68. The van der Waals surface area contributed by atoms with Crippen LogP contribution in [0.2, 0.25) is 0 Å². The van der Waals surface area contributed by atoms with Crippen molar-refractivity contribution in [3.63, 3.8) is 0 Å². The molecule has 0 aromatic heterocycles. The third kappa shape index (κ3) is 4.11. The van der Waals surface area contributed by atoms with Gasteiger partial charge in [0.1, 0.15) is 5.75 Å². The van der Waals surface area contributed by atoms with Gasteiger partial charge in [0, 0.05) is 25.6 Å². The van der Waals surface area contributed by atoms with Crippen molar-refractivity contribution in [1.82, 2.24) is 10.2 Å². The molecule has 0 saturated carbocycles. The second kappa shape index (κ2) is 6.97.